The lowest BCUT2D eigenvalue weighted by molar-refractivity contribution is 0.673. The molecular formula is C41H25N3O. The number of nitrogens with zero attached hydrogens (tertiary/aromatic N) is 3. The second-order valence-electron chi connectivity index (χ2n) is 11.2. The Hall–Kier alpha value is -6.13. The second kappa shape index (κ2) is 10.2. The summed E-state index contributed by atoms with van der Waals surface area (Å²) in [6.07, 6.45) is 0. The third-order valence-electron chi connectivity index (χ3n) is 8.50. The zero-order valence-electron chi connectivity index (χ0n) is 24.2. The first-order valence-corrected chi connectivity index (χ1v) is 15.0. The molecular weight excluding hydrogens is 550 g/mol. The Balaban J connectivity index is 1.22. The van der Waals surface area contributed by atoms with E-state index in [4.69, 9.17) is 19.4 Å². The molecule has 0 fully saturated rings. The van der Waals surface area contributed by atoms with E-state index in [0.717, 1.165) is 55.1 Å². The van der Waals surface area contributed by atoms with E-state index in [1.807, 2.05) is 60.7 Å². The molecule has 0 saturated carbocycles. The monoisotopic (exact) mass is 575 g/mol. The van der Waals surface area contributed by atoms with Gasteiger partial charge < -0.3 is 4.42 Å². The van der Waals surface area contributed by atoms with E-state index in [2.05, 4.69) is 91.0 Å². The molecule has 210 valence electrons. The van der Waals surface area contributed by atoms with Crippen LogP contribution in [0, 0.1) is 0 Å². The number of hydrogen-bond acceptors (Lipinski definition) is 4. The van der Waals surface area contributed by atoms with Crippen molar-refractivity contribution < 1.29 is 4.42 Å². The van der Waals surface area contributed by atoms with E-state index < -0.39 is 0 Å². The Morgan fingerprint density at radius 3 is 1.49 bits per heavy atom. The SMILES string of the molecule is c1ccc(-c2nc(-c3ccccc3)nc(-c3cccc(-c4ccc5oc6c7ccccc7c7ccccc7c6c5c4)c3)n2)cc1. The summed E-state index contributed by atoms with van der Waals surface area (Å²) < 4.78 is 6.54. The molecule has 7 aromatic carbocycles. The first-order valence-electron chi connectivity index (χ1n) is 15.0. The van der Waals surface area contributed by atoms with E-state index in [-0.39, 0.29) is 0 Å². The van der Waals surface area contributed by atoms with Gasteiger partial charge in [0.25, 0.3) is 0 Å². The van der Waals surface area contributed by atoms with Crippen LogP contribution in [0.1, 0.15) is 0 Å². The minimum absolute atomic E-state index is 0.636. The minimum atomic E-state index is 0.636. The van der Waals surface area contributed by atoms with Crippen LogP contribution in [0.25, 0.3) is 88.8 Å². The third kappa shape index (κ3) is 4.27. The van der Waals surface area contributed by atoms with E-state index >= 15 is 0 Å². The van der Waals surface area contributed by atoms with Gasteiger partial charge in [0, 0.05) is 32.8 Å². The van der Waals surface area contributed by atoms with Crippen LogP contribution in [-0.2, 0) is 0 Å². The highest BCUT2D eigenvalue weighted by atomic mass is 16.3. The molecule has 0 N–H and O–H groups in total. The smallest absolute Gasteiger partial charge is 0.164 e. The molecule has 0 bridgehead atoms. The van der Waals surface area contributed by atoms with Crippen molar-refractivity contribution in [2.75, 3.05) is 0 Å². The Kier molecular flexibility index (Phi) is 5.78. The maximum atomic E-state index is 6.54. The van der Waals surface area contributed by atoms with Crippen molar-refractivity contribution in [3.63, 3.8) is 0 Å². The second-order valence-corrected chi connectivity index (χ2v) is 11.2. The van der Waals surface area contributed by atoms with Crippen LogP contribution in [0.15, 0.2) is 156 Å². The number of benzene rings is 7. The van der Waals surface area contributed by atoms with Crippen LogP contribution < -0.4 is 0 Å². The molecule has 0 saturated heterocycles. The summed E-state index contributed by atoms with van der Waals surface area (Å²) >= 11 is 0. The predicted octanol–water partition coefficient (Wildman–Crippen LogP) is 10.7. The van der Waals surface area contributed by atoms with Gasteiger partial charge in [-0.3, -0.25) is 0 Å². The first-order chi connectivity index (χ1) is 22.3. The van der Waals surface area contributed by atoms with Crippen LogP contribution >= 0.6 is 0 Å². The van der Waals surface area contributed by atoms with Crippen molar-refractivity contribution in [3.05, 3.63) is 152 Å². The average molecular weight is 576 g/mol. The number of aromatic nitrogens is 3. The van der Waals surface area contributed by atoms with E-state index in [1.54, 1.807) is 0 Å². The number of fused-ring (bicyclic) bond motifs is 8. The van der Waals surface area contributed by atoms with Gasteiger partial charge in [-0.25, -0.2) is 15.0 Å². The lowest BCUT2D eigenvalue weighted by Gasteiger charge is -2.10. The molecule has 0 radical (unpaired) electrons. The van der Waals surface area contributed by atoms with Crippen molar-refractivity contribution >= 4 is 43.5 Å². The molecule has 45 heavy (non-hydrogen) atoms. The zero-order chi connectivity index (χ0) is 29.7. The van der Waals surface area contributed by atoms with E-state index in [9.17, 15) is 0 Å². The molecule has 0 atom stereocenters. The fourth-order valence-corrected chi connectivity index (χ4v) is 6.36. The van der Waals surface area contributed by atoms with Crippen molar-refractivity contribution in [2.24, 2.45) is 0 Å². The molecule has 4 nitrogen and oxygen atoms in total. The van der Waals surface area contributed by atoms with Gasteiger partial charge in [0.1, 0.15) is 11.2 Å². The average Bonchev–Trinajstić information content (AvgIpc) is 3.52. The molecule has 9 aromatic rings. The highest BCUT2D eigenvalue weighted by Crippen LogP contribution is 2.42. The quantitative estimate of drug-likeness (QED) is 0.196. The molecule has 0 amide bonds. The minimum Gasteiger partial charge on any atom is -0.455 e. The number of hydrogen-bond donors (Lipinski definition) is 0. The zero-order valence-corrected chi connectivity index (χ0v) is 24.2. The largest absolute Gasteiger partial charge is 0.455 e. The maximum absolute atomic E-state index is 6.54. The van der Waals surface area contributed by atoms with E-state index in [1.165, 1.54) is 16.2 Å². The highest BCUT2D eigenvalue weighted by molar-refractivity contribution is 6.30. The Morgan fingerprint density at radius 1 is 0.333 bits per heavy atom. The van der Waals surface area contributed by atoms with Gasteiger partial charge in [-0.1, -0.05) is 133 Å². The van der Waals surface area contributed by atoms with Crippen LogP contribution in [0.5, 0.6) is 0 Å². The lowest BCUT2D eigenvalue weighted by atomic mass is 9.95. The molecule has 9 rings (SSSR count). The maximum Gasteiger partial charge on any atom is 0.164 e. The summed E-state index contributed by atoms with van der Waals surface area (Å²) in [7, 11) is 0. The van der Waals surface area contributed by atoms with E-state index in [0.29, 0.717) is 17.5 Å². The molecule has 2 aromatic heterocycles. The van der Waals surface area contributed by atoms with Crippen molar-refractivity contribution in [2.45, 2.75) is 0 Å². The molecule has 4 heteroatoms. The van der Waals surface area contributed by atoms with Crippen LogP contribution in [0.3, 0.4) is 0 Å². The molecule has 0 unspecified atom stereocenters. The summed E-state index contributed by atoms with van der Waals surface area (Å²) in [5, 5.41) is 7.01. The van der Waals surface area contributed by atoms with Gasteiger partial charge in [0.05, 0.1) is 0 Å². The van der Waals surface area contributed by atoms with Gasteiger partial charge in [0.15, 0.2) is 17.5 Å². The third-order valence-corrected chi connectivity index (χ3v) is 8.50. The van der Waals surface area contributed by atoms with Crippen LogP contribution in [0.4, 0.5) is 0 Å². The summed E-state index contributed by atoms with van der Waals surface area (Å²) in [4.78, 5) is 14.7. The van der Waals surface area contributed by atoms with Gasteiger partial charge in [-0.2, -0.15) is 0 Å². The van der Waals surface area contributed by atoms with Crippen LogP contribution in [0.2, 0.25) is 0 Å². The Morgan fingerprint density at radius 2 is 0.822 bits per heavy atom. The topological polar surface area (TPSA) is 51.8 Å². The normalized spacial score (nSPS) is 11.6. The standard InChI is InChI=1S/C41H25N3O/c1-3-12-26(13-4-1)39-42-40(27-14-5-2-6-15-27)44-41(43-39)30-17-11-16-28(24-30)29-22-23-36-35(25-29)37-33-20-9-7-18-31(33)32-19-8-10-21-34(32)38(37)45-36/h1-25H. The highest BCUT2D eigenvalue weighted by Gasteiger charge is 2.17. The summed E-state index contributed by atoms with van der Waals surface area (Å²) in [6, 6.07) is 52.1. The molecule has 0 aliphatic carbocycles. The van der Waals surface area contributed by atoms with Gasteiger partial charge in [-0.05, 0) is 45.5 Å². The lowest BCUT2D eigenvalue weighted by Crippen LogP contribution is -2.00. The number of furan rings is 1. The molecule has 0 aliphatic heterocycles. The summed E-state index contributed by atoms with van der Waals surface area (Å²) in [5.74, 6) is 1.93. The first kappa shape index (κ1) is 25.4. The molecule has 2 heterocycles. The fraction of sp³-hybridized carbons (Fsp3) is 0. The van der Waals surface area contributed by atoms with Crippen molar-refractivity contribution in [3.8, 4) is 45.3 Å². The van der Waals surface area contributed by atoms with Crippen LogP contribution in [-0.4, -0.2) is 15.0 Å². The van der Waals surface area contributed by atoms with Gasteiger partial charge in [-0.15, -0.1) is 0 Å². The Bertz CT molecular complexity index is 2480. The molecule has 0 aliphatic rings. The predicted molar refractivity (Wildman–Crippen MR) is 184 cm³/mol. The summed E-state index contributed by atoms with van der Waals surface area (Å²) in [6.45, 7) is 0. The van der Waals surface area contributed by atoms with Gasteiger partial charge in [0.2, 0.25) is 0 Å². The molecule has 0 spiro atoms. The van der Waals surface area contributed by atoms with Crippen molar-refractivity contribution in [1.82, 2.24) is 15.0 Å². The van der Waals surface area contributed by atoms with Crippen molar-refractivity contribution in [1.29, 1.82) is 0 Å². The Labute approximate surface area is 259 Å². The summed E-state index contributed by atoms with van der Waals surface area (Å²) in [5.41, 5.74) is 6.82. The van der Waals surface area contributed by atoms with Gasteiger partial charge >= 0.3 is 0 Å². The number of rotatable bonds is 4. The fourth-order valence-electron chi connectivity index (χ4n) is 6.36.